The lowest BCUT2D eigenvalue weighted by atomic mass is 10.1. The number of anilines is 1. The first-order valence-corrected chi connectivity index (χ1v) is 7.91. The maximum atomic E-state index is 12.1. The van der Waals surface area contributed by atoms with E-state index in [2.05, 4.69) is 4.72 Å². The average molecular weight is 305 g/mol. The minimum Gasteiger partial charge on any atom is -0.478 e. The number of benzene rings is 2. The molecule has 0 aromatic heterocycles. The summed E-state index contributed by atoms with van der Waals surface area (Å²) in [6, 6.07) is 13.1. The molecule has 0 amide bonds. The van der Waals surface area contributed by atoms with E-state index in [1.165, 1.54) is 18.2 Å². The van der Waals surface area contributed by atoms with Crippen LogP contribution in [0.1, 0.15) is 21.5 Å². The number of aryl methyl sites for hydroxylation is 1. The Morgan fingerprint density at radius 3 is 2.38 bits per heavy atom. The van der Waals surface area contributed by atoms with Gasteiger partial charge in [0.2, 0.25) is 10.0 Å². The van der Waals surface area contributed by atoms with Gasteiger partial charge >= 0.3 is 5.97 Å². The molecule has 0 aliphatic rings. The van der Waals surface area contributed by atoms with Gasteiger partial charge in [0, 0.05) is 0 Å². The van der Waals surface area contributed by atoms with Crippen molar-refractivity contribution in [3.63, 3.8) is 0 Å². The maximum absolute atomic E-state index is 12.1. The highest BCUT2D eigenvalue weighted by atomic mass is 32.2. The van der Waals surface area contributed by atoms with Gasteiger partial charge in [0.05, 0.1) is 17.0 Å². The second-order valence-corrected chi connectivity index (χ2v) is 6.40. The third kappa shape index (κ3) is 4.06. The van der Waals surface area contributed by atoms with E-state index >= 15 is 0 Å². The van der Waals surface area contributed by atoms with Crippen LogP contribution < -0.4 is 4.72 Å². The molecule has 2 rings (SSSR count). The van der Waals surface area contributed by atoms with Gasteiger partial charge in [-0.1, -0.05) is 30.3 Å². The minimum atomic E-state index is -3.54. The van der Waals surface area contributed by atoms with Crippen molar-refractivity contribution in [2.45, 2.75) is 12.7 Å². The molecule has 0 aliphatic heterocycles. The van der Waals surface area contributed by atoms with Gasteiger partial charge in [0.1, 0.15) is 0 Å². The van der Waals surface area contributed by atoms with Gasteiger partial charge in [-0.05, 0) is 36.2 Å². The Labute approximate surface area is 123 Å². The Kier molecular flexibility index (Phi) is 4.28. The van der Waals surface area contributed by atoms with Gasteiger partial charge in [-0.3, -0.25) is 4.72 Å². The highest BCUT2D eigenvalue weighted by Crippen LogP contribution is 2.19. The van der Waals surface area contributed by atoms with Crippen LogP contribution in [-0.4, -0.2) is 19.5 Å². The topological polar surface area (TPSA) is 83.5 Å². The third-order valence-corrected chi connectivity index (χ3v) is 4.18. The predicted octanol–water partition coefficient (Wildman–Crippen LogP) is 2.64. The van der Waals surface area contributed by atoms with E-state index in [1.54, 1.807) is 31.2 Å². The second kappa shape index (κ2) is 5.97. The average Bonchev–Trinajstić information content (AvgIpc) is 2.41. The molecule has 0 spiro atoms. The molecule has 110 valence electrons. The lowest BCUT2D eigenvalue weighted by molar-refractivity contribution is 0.0697. The number of aromatic carboxylic acids is 1. The molecule has 0 radical (unpaired) electrons. The zero-order valence-electron chi connectivity index (χ0n) is 11.4. The predicted molar refractivity (Wildman–Crippen MR) is 80.8 cm³/mol. The summed E-state index contributed by atoms with van der Waals surface area (Å²) in [6.45, 7) is 1.66. The molecule has 2 aromatic rings. The van der Waals surface area contributed by atoms with E-state index in [9.17, 15) is 13.2 Å². The minimum absolute atomic E-state index is 0.124. The Balaban J connectivity index is 2.19. The first-order chi connectivity index (χ1) is 9.87. The standard InChI is InChI=1S/C15H15NO4S/c1-11-9-13(15(17)18)7-8-14(11)16-21(19,20)10-12-5-3-2-4-6-12/h2-9,16H,10H2,1H3,(H,17,18). The zero-order chi connectivity index (χ0) is 15.5. The van der Waals surface area contributed by atoms with Crippen molar-refractivity contribution in [2.24, 2.45) is 0 Å². The zero-order valence-corrected chi connectivity index (χ0v) is 12.2. The lowest BCUT2D eigenvalue weighted by Crippen LogP contribution is -2.16. The molecule has 0 heterocycles. The van der Waals surface area contributed by atoms with E-state index in [1.807, 2.05) is 6.07 Å². The van der Waals surface area contributed by atoms with Crippen LogP contribution in [-0.2, 0) is 15.8 Å². The highest BCUT2D eigenvalue weighted by molar-refractivity contribution is 7.91. The van der Waals surface area contributed by atoms with Crippen LogP contribution in [0.4, 0.5) is 5.69 Å². The molecule has 0 saturated carbocycles. The molecule has 0 atom stereocenters. The van der Waals surface area contributed by atoms with Gasteiger partial charge in [-0.2, -0.15) is 0 Å². The first kappa shape index (κ1) is 15.1. The van der Waals surface area contributed by atoms with Crippen molar-refractivity contribution in [1.29, 1.82) is 0 Å². The van der Waals surface area contributed by atoms with E-state index in [0.29, 0.717) is 16.8 Å². The van der Waals surface area contributed by atoms with E-state index < -0.39 is 16.0 Å². The van der Waals surface area contributed by atoms with Crippen LogP contribution in [0, 0.1) is 6.92 Å². The number of carboxylic acid groups (broad SMARTS) is 1. The van der Waals surface area contributed by atoms with Crippen LogP contribution in [0.5, 0.6) is 0 Å². The van der Waals surface area contributed by atoms with Crippen molar-refractivity contribution in [3.05, 3.63) is 65.2 Å². The molecule has 2 N–H and O–H groups in total. The lowest BCUT2D eigenvalue weighted by Gasteiger charge is -2.11. The number of sulfonamides is 1. The van der Waals surface area contributed by atoms with Crippen molar-refractivity contribution in [1.82, 2.24) is 0 Å². The maximum Gasteiger partial charge on any atom is 0.335 e. The van der Waals surface area contributed by atoms with Gasteiger partial charge in [-0.25, -0.2) is 13.2 Å². The molecule has 0 unspecified atom stereocenters. The van der Waals surface area contributed by atoms with Gasteiger partial charge in [-0.15, -0.1) is 0 Å². The monoisotopic (exact) mass is 305 g/mol. The highest BCUT2D eigenvalue weighted by Gasteiger charge is 2.14. The Hall–Kier alpha value is -2.34. The largest absolute Gasteiger partial charge is 0.478 e. The fourth-order valence-corrected chi connectivity index (χ4v) is 3.18. The fourth-order valence-electron chi connectivity index (χ4n) is 1.91. The van der Waals surface area contributed by atoms with E-state index in [4.69, 9.17) is 5.11 Å². The van der Waals surface area contributed by atoms with Crippen molar-refractivity contribution in [3.8, 4) is 0 Å². The number of carbonyl (C=O) groups is 1. The van der Waals surface area contributed by atoms with Crippen LogP contribution in [0.3, 0.4) is 0 Å². The molecule has 0 fully saturated rings. The van der Waals surface area contributed by atoms with Crippen molar-refractivity contribution in [2.75, 3.05) is 4.72 Å². The number of hydrogen-bond acceptors (Lipinski definition) is 3. The summed E-state index contributed by atoms with van der Waals surface area (Å²) >= 11 is 0. The van der Waals surface area contributed by atoms with E-state index in [-0.39, 0.29) is 11.3 Å². The van der Waals surface area contributed by atoms with Crippen LogP contribution >= 0.6 is 0 Å². The molecule has 0 bridgehead atoms. The molecule has 0 aliphatic carbocycles. The Morgan fingerprint density at radius 2 is 1.81 bits per heavy atom. The number of nitrogens with one attached hydrogen (secondary N) is 1. The van der Waals surface area contributed by atoms with Crippen molar-refractivity contribution < 1.29 is 18.3 Å². The summed E-state index contributed by atoms with van der Waals surface area (Å²) in [5, 5.41) is 8.89. The summed E-state index contributed by atoms with van der Waals surface area (Å²) in [5.74, 6) is -1.18. The molecule has 2 aromatic carbocycles. The fraction of sp³-hybridized carbons (Fsp3) is 0.133. The molecule has 5 nitrogen and oxygen atoms in total. The summed E-state index contributed by atoms with van der Waals surface area (Å²) in [6.07, 6.45) is 0. The molecular formula is C15H15NO4S. The smallest absolute Gasteiger partial charge is 0.335 e. The SMILES string of the molecule is Cc1cc(C(=O)O)ccc1NS(=O)(=O)Cc1ccccc1. The first-order valence-electron chi connectivity index (χ1n) is 6.26. The Morgan fingerprint density at radius 1 is 1.14 bits per heavy atom. The normalized spacial score (nSPS) is 11.1. The van der Waals surface area contributed by atoms with Crippen LogP contribution in [0.25, 0.3) is 0 Å². The number of hydrogen-bond donors (Lipinski definition) is 2. The summed E-state index contributed by atoms with van der Waals surface area (Å²) in [7, 11) is -3.54. The van der Waals surface area contributed by atoms with Crippen molar-refractivity contribution >= 4 is 21.7 Å². The number of carboxylic acids is 1. The molecular weight excluding hydrogens is 290 g/mol. The van der Waals surface area contributed by atoms with Gasteiger partial charge < -0.3 is 5.11 Å². The van der Waals surface area contributed by atoms with Gasteiger partial charge in [0.15, 0.2) is 0 Å². The third-order valence-electron chi connectivity index (χ3n) is 2.94. The molecule has 6 heteroatoms. The molecule has 21 heavy (non-hydrogen) atoms. The van der Waals surface area contributed by atoms with E-state index in [0.717, 1.165) is 0 Å². The number of rotatable bonds is 5. The summed E-state index contributed by atoms with van der Waals surface area (Å²) in [4.78, 5) is 10.9. The quantitative estimate of drug-likeness (QED) is 0.889. The van der Waals surface area contributed by atoms with Crippen LogP contribution in [0.15, 0.2) is 48.5 Å². The molecule has 0 saturated heterocycles. The summed E-state index contributed by atoms with van der Waals surface area (Å²) in [5.41, 5.74) is 1.76. The van der Waals surface area contributed by atoms with Crippen LogP contribution in [0.2, 0.25) is 0 Å². The Bertz CT molecular complexity index is 754. The van der Waals surface area contributed by atoms with Gasteiger partial charge in [0.25, 0.3) is 0 Å². The summed E-state index contributed by atoms with van der Waals surface area (Å²) < 4.78 is 26.7. The second-order valence-electron chi connectivity index (χ2n) is 4.68.